The number of anilines is 3. The molecule has 2 heterocycles. The van der Waals surface area contributed by atoms with Crippen molar-refractivity contribution in [1.29, 1.82) is 0 Å². The fraction of sp³-hybridized carbons (Fsp3) is 0.148. The highest BCUT2D eigenvalue weighted by molar-refractivity contribution is 6.53. The first-order valence-electron chi connectivity index (χ1n) is 11.4. The third-order valence-electron chi connectivity index (χ3n) is 6.19. The fourth-order valence-electron chi connectivity index (χ4n) is 4.33. The first-order chi connectivity index (χ1) is 17.4. The minimum atomic E-state index is -0.666. The van der Waals surface area contributed by atoms with Crippen molar-refractivity contribution in [2.75, 3.05) is 41.3 Å². The van der Waals surface area contributed by atoms with Crippen molar-refractivity contribution < 1.29 is 14.4 Å². The molecule has 3 amide bonds. The lowest BCUT2D eigenvalue weighted by atomic mass is 10.1. The molecule has 0 aliphatic carbocycles. The number of imide groups is 1. The van der Waals surface area contributed by atoms with Crippen LogP contribution in [0.25, 0.3) is 0 Å². The number of nitrogens with zero attached hydrogens (tertiary/aromatic N) is 3. The summed E-state index contributed by atoms with van der Waals surface area (Å²) in [6.45, 7) is 2.68. The van der Waals surface area contributed by atoms with E-state index in [1.807, 2.05) is 23.1 Å². The molecule has 9 heteroatoms. The molecule has 1 N–H and O–H groups in total. The standard InChI is InChI=1S/C27H22Cl2N4O3/c28-21-11-4-5-12-22(21)33-26(35)23(29)24(27(33)36)30-19-8-6-7-18(17-19)25(34)32-15-13-31(14-16-32)20-9-2-1-3-10-20/h1-12,17,30H,13-16H2. The SMILES string of the molecule is O=C(c1cccc(NC2=C(Cl)C(=O)N(c3ccccc3Cl)C2=O)c1)N1CCN(c2ccccc2)CC1. The molecule has 182 valence electrons. The number of piperazine rings is 1. The summed E-state index contributed by atoms with van der Waals surface area (Å²) in [7, 11) is 0. The number of amides is 3. The number of benzene rings is 3. The van der Waals surface area contributed by atoms with Crippen molar-refractivity contribution >= 4 is 58.0 Å². The van der Waals surface area contributed by atoms with Crippen molar-refractivity contribution in [2.24, 2.45) is 0 Å². The van der Waals surface area contributed by atoms with E-state index in [-0.39, 0.29) is 27.3 Å². The van der Waals surface area contributed by atoms with Gasteiger partial charge in [-0.1, -0.05) is 59.6 Å². The molecular weight excluding hydrogens is 499 g/mol. The molecule has 0 unspecified atom stereocenters. The molecular formula is C27H22Cl2N4O3. The van der Waals surface area contributed by atoms with Gasteiger partial charge >= 0.3 is 0 Å². The maximum atomic E-state index is 13.2. The maximum absolute atomic E-state index is 13.2. The van der Waals surface area contributed by atoms with Gasteiger partial charge in [0.2, 0.25) is 0 Å². The average Bonchev–Trinajstić information content (AvgIpc) is 3.12. The van der Waals surface area contributed by atoms with Crippen molar-refractivity contribution in [1.82, 2.24) is 4.90 Å². The second-order valence-electron chi connectivity index (χ2n) is 8.41. The highest BCUT2D eigenvalue weighted by Crippen LogP contribution is 2.34. The fourth-order valence-corrected chi connectivity index (χ4v) is 4.76. The number of hydrogen-bond donors (Lipinski definition) is 1. The molecule has 2 aliphatic heterocycles. The van der Waals surface area contributed by atoms with Gasteiger partial charge in [0.1, 0.15) is 10.7 Å². The van der Waals surface area contributed by atoms with Gasteiger partial charge in [0.05, 0.1) is 10.7 Å². The predicted octanol–water partition coefficient (Wildman–Crippen LogP) is 4.74. The average molecular weight is 521 g/mol. The van der Waals surface area contributed by atoms with E-state index in [2.05, 4.69) is 22.3 Å². The van der Waals surface area contributed by atoms with E-state index in [0.29, 0.717) is 24.3 Å². The molecule has 0 bridgehead atoms. The smallest absolute Gasteiger partial charge is 0.283 e. The number of hydrogen-bond acceptors (Lipinski definition) is 5. The molecule has 3 aromatic carbocycles. The molecule has 3 aromatic rings. The first-order valence-corrected chi connectivity index (χ1v) is 12.2. The van der Waals surface area contributed by atoms with E-state index in [4.69, 9.17) is 23.2 Å². The summed E-state index contributed by atoms with van der Waals surface area (Å²) in [6, 6.07) is 23.5. The number of carbonyl (C=O) groups excluding carboxylic acids is 3. The summed E-state index contributed by atoms with van der Waals surface area (Å²) >= 11 is 12.4. The van der Waals surface area contributed by atoms with Gasteiger partial charge in [-0.15, -0.1) is 0 Å². The second-order valence-corrected chi connectivity index (χ2v) is 9.19. The van der Waals surface area contributed by atoms with Crippen LogP contribution in [-0.2, 0) is 9.59 Å². The largest absolute Gasteiger partial charge is 0.368 e. The summed E-state index contributed by atoms with van der Waals surface area (Å²) in [5, 5.41) is 2.94. The Labute approximate surface area is 218 Å². The summed E-state index contributed by atoms with van der Waals surface area (Å²) in [5.41, 5.74) is 2.27. The lowest BCUT2D eigenvalue weighted by molar-refractivity contribution is -0.120. The van der Waals surface area contributed by atoms with Crippen LogP contribution in [0.3, 0.4) is 0 Å². The Kier molecular flexibility index (Phi) is 6.67. The van der Waals surface area contributed by atoms with Gasteiger partial charge < -0.3 is 15.1 Å². The van der Waals surface area contributed by atoms with Crippen LogP contribution in [0, 0.1) is 0 Å². The normalized spacial score (nSPS) is 16.1. The van der Waals surface area contributed by atoms with E-state index in [1.165, 1.54) is 0 Å². The Morgan fingerprint density at radius 2 is 1.47 bits per heavy atom. The molecule has 0 saturated carbocycles. The maximum Gasteiger partial charge on any atom is 0.283 e. The molecule has 0 atom stereocenters. The Balaban J connectivity index is 1.29. The van der Waals surface area contributed by atoms with Gasteiger partial charge in [-0.05, 0) is 42.5 Å². The van der Waals surface area contributed by atoms with Crippen LogP contribution >= 0.6 is 23.2 Å². The molecule has 36 heavy (non-hydrogen) atoms. The number of nitrogens with one attached hydrogen (secondary N) is 1. The van der Waals surface area contributed by atoms with Gasteiger partial charge in [-0.2, -0.15) is 0 Å². The molecule has 0 aromatic heterocycles. The van der Waals surface area contributed by atoms with Crippen molar-refractivity contribution in [3.8, 4) is 0 Å². The first kappa shape index (κ1) is 23.9. The van der Waals surface area contributed by atoms with E-state index < -0.39 is 11.8 Å². The number of halogens is 2. The van der Waals surface area contributed by atoms with Crippen molar-refractivity contribution in [3.05, 3.63) is 100 Å². The number of carbonyl (C=O) groups is 3. The quantitative estimate of drug-likeness (QED) is 0.492. The Bertz CT molecular complexity index is 1370. The third-order valence-corrected chi connectivity index (χ3v) is 6.86. The number of para-hydroxylation sites is 2. The van der Waals surface area contributed by atoms with Gasteiger partial charge in [0.15, 0.2) is 0 Å². The molecule has 5 rings (SSSR count). The molecule has 0 radical (unpaired) electrons. The predicted molar refractivity (Wildman–Crippen MR) is 141 cm³/mol. The molecule has 7 nitrogen and oxygen atoms in total. The highest BCUT2D eigenvalue weighted by Gasteiger charge is 2.39. The minimum Gasteiger partial charge on any atom is -0.368 e. The lowest BCUT2D eigenvalue weighted by Gasteiger charge is -2.36. The highest BCUT2D eigenvalue weighted by atomic mass is 35.5. The zero-order valence-electron chi connectivity index (χ0n) is 19.2. The molecule has 2 aliphatic rings. The van der Waals surface area contributed by atoms with Gasteiger partial charge in [0, 0.05) is 43.1 Å². The van der Waals surface area contributed by atoms with Gasteiger partial charge in [0.25, 0.3) is 17.7 Å². The summed E-state index contributed by atoms with van der Waals surface area (Å²) < 4.78 is 0. The third kappa shape index (κ3) is 4.55. The number of rotatable bonds is 5. The van der Waals surface area contributed by atoms with E-state index in [9.17, 15) is 14.4 Å². The van der Waals surface area contributed by atoms with E-state index in [1.54, 1.807) is 48.5 Å². The van der Waals surface area contributed by atoms with Gasteiger partial charge in [-0.25, -0.2) is 4.90 Å². The van der Waals surface area contributed by atoms with E-state index in [0.717, 1.165) is 23.7 Å². The van der Waals surface area contributed by atoms with Crippen LogP contribution in [0.15, 0.2) is 89.6 Å². The van der Waals surface area contributed by atoms with Crippen LogP contribution in [0.2, 0.25) is 5.02 Å². The second kappa shape index (κ2) is 10.0. The van der Waals surface area contributed by atoms with Gasteiger partial charge in [-0.3, -0.25) is 14.4 Å². The topological polar surface area (TPSA) is 73.0 Å². The molecule has 1 fully saturated rings. The zero-order valence-corrected chi connectivity index (χ0v) is 20.7. The Hall–Kier alpha value is -3.81. The van der Waals surface area contributed by atoms with Crippen LogP contribution in [0.1, 0.15) is 10.4 Å². The van der Waals surface area contributed by atoms with Crippen LogP contribution in [0.4, 0.5) is 17.1 Å². The lowest BCUT2D eigenvalue weighted by Crippen LogP contribution is -2.48. The van der Waals surface area contributed by atoms with Crippen molar-refractivity contribution in [2.45, 2.75) is 0 Å². The van der Waals surface area contributed by atoms with Crippen LogP contribution < -0.4 is 15.1 Å². The molecule has 0 spiro atoms. The zero-order chi connectivity index (χ0) is 25.2. The summed E-state index contributed by atoms with van der Waals surface area (Å²) in [5.74, 6) is -1.38. The van der Waals surface area contributed by atoms with Crippen molar-refractivity contribution in [3.63, 3.8) is 0 Å². The molecule has 1 saturated heterocycles. The van der Waals surface area contributed by atoms with Crippen LogP contribution in [-0.4, -0.2) is 48.8 Å². The Morgan fingerprint density at radius 3 is 2.19 bits per heavy atom. The minimum absolute atomic E-state index is 0.0670. The van der Waals surface area contributed by atoms with E-state index >= 15 is 0 Å². The monoisotopic (exact) mass is 520 g/mol. The van der Waals surface area contributed by atoms with Crippen LogP contribution in [0.5, 0.6) is 0 Å². The summed E-state index contributed by atoms with van der Waals surface area (Å²) in [6.07, 6.45) is 0. The Morgan fingerprint density at radius 1 is 0.778 bits per heavy atom. The summed E-state index contributed by atoms with van der Waals surface area (Å²) in [4.78, 5) is 44.0.